The van der Waals surface area contributed by atoms with Crippen LogP contribution in [0.1, 0.15) is 5.76 Å². The zero-order valence-electron chi connectivity index (χ0n) is 16.2. The summed E-state index contributed by atoms with van der Waals surface area (Å²) in [5.74, 6) is 1.47. The maximum atomic E-state index is 12.2. The fourth-order valence-electron chi connectivity index (χ4n) is 2.78. The number of fused-ring (bicyclic) bond motifs is 1. The minimum atomic E-state index is -0.388. The van der Waals surface area contributed by atoms with Crippen molar-refractivity contribution in [1.29, 1.82) is 0 Å². The molecular weight excluding hydrogens is 454 g/mol. The molecular formula is C22H16ClN3O3S2. The first kappa shape index (κ1) is 21.0. The van der Waals surface area contributed by atoms with Crippen LogP contribution in [-0.4, -0.2) is 23.1 Å². The Hall–Kier alpha value is -3.20. The highest BCUT2D eigenvalue weighted by atomic mass is 35.5. The number of halogens is 1. The van der Waals surface area contributed by atoms with Crippen molar-refractivity contribution in [2.75, 3.05) is 12.4 Å². The topological polar surface area (TPSA) is 76.4 Å². The third kappa shape index (κ3) is 5.11. The summed E-state index contributed by atoms with van der Waals surface area (Å²) in [6, 6.07) is 16.9. The first-order chi connectivity index (χ1) is 15.0. The minimum absolute atomic E-state index is 0.135. The molecule has 0 unspecified atom stereocenters. The van der Waals surface area contributed by atoms with Crippen LogP contribution in [0, 0.1) is 0 Å². The molecule has 0 atom stereocenters. The highest BCUT2D eigenvalue weighted by molar-refractivity contribution is 7.80. The number of amides is 1. The standard InChI is InChI=1S/C22H16ClN3O3S2/c1-28-18-12-19-16(11-15(18)23)24-22(31-19)26-21(30)25-20(27)10-8-14-7-9-17(29-14)13-5-3-2-4-6-13/h2-12H,1H3,(H2,24,25,26,27,30)/b10-8+. The van der Waals surface area contributed by atoms with Crippen LogP contribution in [0.5, 0.6) is 5.75 Å². The van der Waals surface area contributed by atoms with Gasteiger partial charge in [-0.25, -0.2) is 4.98 Å². The molecule has 0 saturated heterocycles. The van der Waals surface area contributed by atoms with E-state index in [-0.39, 0.29) is 11.0 Å². The summed E-state index contributed by atoms with van der Waals surface area (Å²) < 4.78 is 11.8. The smallest absolute Gasteiger partial charge is 0.250 e. The Morgan fingerprint density at radius 3 is 2.81 bits per heavy atom. The average molecular weight is 470 g/mol. The number of anilines is 1. The van der Waals surface area contributed by atoms with Gasteiger partial charge in [-0.3, -0.25) is 10.1 Å². The van der Waals surface area contributed by atoms with Gasteiger partial charge in [-0.2, -0.15) is 0 Å². The molecule has 0 bridgehead atoms. The number of thiazole rings is 1. The lowest BCUT2D eigenvalue weighted by atomic mass is 10.2. The van der Waals surface area contributed by atoms with E-state index in [1.165, 1.54) is 17.4 Å². The fourth-order valence-corrected chi connectivity index (χ4v) is 4.16. The number of hydrogen-bond acceptors (Lipinski definition) is 6. The largest absolute Gasteiger partial charge is 0.495 e. The molecule has 4 rings (SSSR count). The number of thiocarbonyl (C=S) groups is 1. The van der Waals surface area contributed by atoms with Crippen LogP contribution in [0.15, 0.2) is 65.1 Å². The predicted molar refractivity (Wildman–Crippen MR) is 129 cm³/mol. The fraction of sp³-hybridized carbons (Fsp3) is 0.0455. The van der Waals surface area contributed by atoms with Crippen molar-refractivity contribution in [2.24, 2.45) is 0 Å². The first-order valence-electron chi connectivity index (χ1n) is 9.11. The summed E-state index contributed by atoms with van der Waals surface area (Å²) in [5.41, 5.74) is 1.67. The second-order valence-electron chi connectivity index (χ2n) is 6.32. The molecule has 0 spiro atoms. The molecule has 0 aliphatic heterocycles. The summed E-state index contributed by atoms with van der Waals surface area (Å²) >= 11 is 12.7. The first-order valence-corrected chi connectivity index (χ1v) is 10.7. The number of nitrogens with zero attached hydrogens (tertiary/aromatic N) is 1. The van der Waals surface area contributed by atoms with Gasteiger partial charge in [0.2, 0.25) is 5.91 Å². The van der Waals surface area contributed by atoms with E-state index in [1.807, 2.05) is 36.4 Å². The maximum absolute atomic E-state index is 12.2. The van der Waals surface area contributed by atoms with Crippen molar-refractivity contribution in [2.45, 2.75) is 0 Å². The van der Waals surface area contributed by atoms with E-state index in [0.717, 1.165) is 16.0 Å². The van der Waals surface area contributed by atoms with Gasteiger partial charge >= 0.3 is 0 Å². The molecule has 1 amide bonds. The van der Waals surface area contributed by atoms with Crippen molar-refractivity contribution in [3.05, 3.63) is 71.5 Å². The molecule has 31 heavy (non-hydrogen) atoms. The number of furan rings is 1. The number of methoxy groups -OCH3 is 1. The molecule has 0 aliphatic carbocycles. The van der Waals surface area contributed by atoms with Gasteiger partial charge in [0.05, 0.1) is 22.3 Å². The number of benzene rings is 2. The lowest BCUT2D eigenvalue weighted by molar-refractivity contribution is -0.115. The Labute approximate surface area is 192 Å². The molecule has 2 heterocycles. The lowest BCUT2D eigenvalue weighted by Gasteiger charge is -2.04. The van der Waals surface area contributed by atoms with E-state index in [2.05, 4.69) is 15.6 Å². The average Bonchev–Trinajstić information content (AvgIpc) is 3.38. The zero-order valence-corrected chi connectivity index (χ0v) is 18.6. The molecule has 0 aliphatic rings. The Balaban J connectivity index is 1.36. The van der Waals surface area contributed by atoms with Gasteiger partial charge in [0.1, 0.15) is 17.3 Å². The Morgan fingerprint density at radius 1 is 1.23 bits per heavy atom. The van der Waals surface area contributed by atoms with Crippen molar-refractivity contribution in [3.63, 3.8) is 0 Å². The number of carbonyl (C=O) groups is 1. The van der Waals surface area contributed by atoms with Crippen LogP contribution >= 0.6 is 35.2 Å². The van der Waals surface area contributed by atoms with E-state index < -0.39 is 0 Å². The monoisotopic (exact) mass is 469 g/mol. The molecule has 156 valence electrons. The Bertz CT molecular complexity index is 1280. The SMILES string of the molecule is COc1cc2sc(NC(=S)NC(=O)/C=C/c3ccc(-c4ccccc4)o3)nc2cc1Cl. The van der Waals surface area contributed by atoms with Crippen LogP contribution in [0.25, 0.3) is 27.6 Å². The number of aromatic nitrogens is 1. The van der Waals surface area contributed by atoms with Crippen LogP contribution in [0.3, 0.4) is 0 Å². The van der Waals surface area contributed by atoms with Gasteiger partial charge in [-0.1, -0.05) is 53.3 Å². The molecule has 0 radical (unpaired) electrons. The van der Waals surface area contributed by atoms with Gasteiger partial charge in [0.25, 0.3) is 0 Å². The van der Waals surface area contributed by atoms with Crippen LogP contribution in [0.2, 0.25) is 5.02 Å². The van der Waals surface area contributed by atoms with Crippen LogP contribution in [-0.2, 0) is 4.79 Å². The van der Waals surface area contributed by atoms with E-state index >= 15 is 0 Å². The molecule has 4 aromatic rings. The molecule has 2 aromatic carbocycles. The minimum Gasteiger partial charge on any atom is -0.495 e. The lowest BCUT2D eigenvalue weighted by Crippen LogP contribution is -2.32. The maximum Gasteiger partial charge on any atom is 0.250 e. The molecule has 6 nitrogen and oxygen atoms in total. The van der Waals surface area contributed by atoms with E-state index in [4.69, 9.17) is 33.0 Å². The van der Waals surface area contributed by atoms with Gasteiger partial charge in [-0.05, 0) is 36.5 Å². The Morgan fingerprint density at radius 2 is 2.03 bits per heavy atom. The second kappa shape index (κ2) is 9.30. The highest BCUT2D eigenvalue weighted by Crippen LogP contribution is 2.34. The summed E-state index contributed by atoms with van der Waals surface area (Å²) in [5, 5.41) is 6.64. The number of rotatable bonds is 5. The van der Waals surface area contributed by atoms with Crippen molar-refractivity contribution in [3.8, 4) is 17.1 Å². The molecule has 2 N–H and O–H groups in total. The van der Waals surface area contributed by atoms with Crippen LogP contribution < -0.4 is 15.4 Å². The van der Waals surface area contributed by atoms with E-state index in [9.17, 15) is 4.79 Å². The number of nitrogens with one attached hydrogen (secondary N) is 2. The van der Waals surface area contributed by atoms with E-state index in [0.29, 0.717) is 27.2 Å². The quantitative estimate of drug-likeness (QED) is 0.286. The van der Waals surface area contributed by atoms with Crippen molar-refractivity contribution in [1.82, 2.24) is 10.3 Å². The zero-order chi connectivity index (χ0) is 21.8. The van der Waals surface area contributed by atoms with E-state index in [1.54, 1.807) is 31.4 Å². The van der Waals surface area contributed by atoms with Crippen molar-refractivity contribution < 1.29 is 13.9 Å². The van der Waals surface area contributed by atoms with Gasteiger partial charge < -0.3 is 14.5 Å². The summed E-state index contributed by atoms with van der Waals surface area (Å²) in [7, 11) is 1.55. The molecule has 9 heteroatoms. The number of ether oxygens (including phenoxy) is 1. The molecule has 0 saturated carbocycles. The summed E-state index contributed by atoms with van der Waals surface area (Å²) in [6.45, 7) is 0. The number of hydrogen-bond donors (Lipinski definition) is 2. The molecule has 2 aromatic heterocycles. The van der Waals surface area contributed by atoms with Gasteiger partial charge in [0, 0.05) is 17.7 Å². The van der Waals surface area contributed by atoms with Crippen molar-refractivity contribution >= 4 is 67.6 Å². The third-order valence-corrected chi connectivity index (χ3v) is 5.64. The highest BCUT2D eigenvalue weighted by Gasteiger charge is 2.11. The summed E-state index contributed by atoms with van der Waals surface area (Å²) in [6.07, 6.45) is 2.93. The summed E-state index contributed by atoms with van der Waals surface area (Å²) in [4.78, 5) is 16.6. The van der Waals surface area contributed by atoms with Gasteiger partial charge in [0.15, 0.2) is 10.2 Å². The number of carbonyl (C=O) groups excluding carboxylic acids is 1. The predicted octanol–water partition coefficient (Wildman–Crippen LogP) is 5.74. The van der Waals surface area contributed by atoms with Gasteiger partial charge in [-0.15, -0.1) is 0 Å². The van der Waals surface area contributed by atoms with Crippen LogP contribution in [0.4, 0.5) is 5.13 Å². The normalized spacial score (nSPS) is 11.0. The molecule has 0 fully saturated rings. The second-order valence-corrected chi connectivity index (χ2v) is 8.16. The third-order valence-electron chi connectivity index (χ3n) is 4.20. The Kier molecular flexibility index (Phi) is 6.31.